The minimum absolute atomic E-state index is 0.137. The first kappa shape index (κ1) is 24.0. The summed E-state index contributed by atoms with van der Waals surface area (Å²) in [6, 6.07) is 5.57. The van der Waals surface area contributed by atoms with E-state index in [0.29, 0.717) is 57.1 Å². The van der Waals surface area contributed by atoms with Crippen molar-refractivity contribution in [2.45, 2.75) is 46.2 Å². The average Bonchev–Trinajstić information content (AvgIpc) is 3.28. The standard InChI is InChI=1S/C24H32N6O4/c1-5-34-24(32)17-6-8-29(9-7-17)21(22-26-27-28-30(22)10-11-33-4)19-14-18-12-15(2)16(3)13-20(18)25-23(19)31/h12-14,17,21H,5-11H2,1-4H3,(H,25,31). The van der Waals surface area contributed by atoms with E-state index >= 15 is 0 Å². The second-order valence-corrected chi connectivity index (χ2v) is 8.80. The summed E-state index contributed by atoms with van der Waals surface area (Å²) < 4.78 is 12.1. The monoisotopic (exact) mass is 468 g/mol. The number of aryl methyl sites for hydroxylation is 2. The molecule has 1 fully saturated rings. The van der Waals surface area contributed by atoms with Gasteiger partial charge in [-0.15, -0.1) is 5.10 Å². The van der Waals surface area contributed by atoms with Gasteiger partial charge in [0, 0.05) is 31.3 Å². The van der Waals surface area contributed by atoms with Crippen LogP contribution in [0.4, 0.5) is 0 Å². The molecular formula is C24H32N6O4. The van der Waals surface area contributed by atoms with Crippen molar-refractivity contribution >= 4 is 16.9 Å². The van der Waals surface area contributed by atoms with Gasteiger partial charge in [-0.3, -0.25) is 14.5 Å². The van der Waals surface area contributed by atoms with Crippen LogP contribution in [0, 0.1) is 19.8 Å². The van der Waals surface area contributed by atoms with Gasteiger partial charge in [0.2, 0.25) is 0 Å². The van der Waals surface area contributed by atoms with Crippen LogP contribution in [0.3, 0.4) is 0 Å². The van der Waals surface area contributed by atoms with E-state index in [9.17, 15) is 9.59 Å². The second kappa shape index (κ2) is 10.4. The van der Waals surface area contributed by atoms with Gasteiger partial charge in [0.1, 0.15) is 6.04 Å². The van der Waals surface area contributed by atoms with Gasteiger partial charge in [0.05, 0.1) is 25.7 Å². The van der Waals surface area contributed by atoms with Crippen molar-refractivity contribution in [3.05, 3.63) is 51.1 Å². The van der Waals surface area contributed by atoms with E-state index in [2.05, 4.69) is 38.4 Å². The highest BCUT2D eigenvalue weighted by Crippen LogP contribution is 2.31. The lowest BCUT2D eigenvalue weighted by Crippen LogP contribution is -2.42. The number of piperidine rings is 1. The van der Waals surface area contributed by atoms with Crippen LogP contribution in [0.2, 0.25) is 0 Å². The molecule has 10 nitrogen and oxygen atoms in total. The topological polar surface area (TPSA) is 115 Å². The summed E-state index contributed by atoms with van der Waals surface area (Å²) in [4.78, 5) is 30.8. The largest absolute Gasteiger partial charge is 0.466 e. The zero-order valence-corrected chi connectivity index (χ0v) is 20.2. The summed E-state index contributed by atoms with van der Waals surface area (Å²) in [6.07, 6.45) is 1.30. The molecule has 1 atom stereocenters. The number of nitrogens with one attached hydrogen (secondary N) is 1. The number of carbonyl (C=O) groups excluding carboxylic acids is 1. The lowest BCUT2D eigenvalue weighted by atomic mass is 9.93. The molecule has 1 aliphatic heterocycles. The van der Waals surface area contributed by atoms with Crippen molar-refractivity contribution in [2.75, 3.05) is 33.4 Å². The van der Waals surface area contributed by atoms with Crippen molar-refractivity contribution in [1.29, 1.82) is 0 Å². The van der Waals surface area contributed by atoms with E-state index in [1.165, 1.54) is 0 Å². The van der Waals surface area contributed by atoms with E-state index in [0.717, 1.165) is 22.0 Å². The Bertz CT molecular complexity index is 1210. The van der Waals surface area contributed by atoms with Crippen LogP contribution in [-0.2, 0) is 20.8 Å². The second-order valence-electron chi connectivity index (χ2n) is 8.80. The summed E-state index contributed by atoms with van der Waals surface area (Å²) in [5.74, 6) is 0.292. The van der Waals surface area contributed by atoms with Crippen molar-refractivity contribution in [2.24, 2.45) is 5.92 Å². The van der Waals surface area contributed by atoms with Gasteiger partial charge >= 0.3 is 5.97 Å². The zero-order valence-electron chi connectivity index (χ0n) is 20.2. The molecule has 1 aromatic carbocycles. The maximum absolute atomic E-state index is 13.3. The van der Waals surface area contributed by atoms with Gasteiger partial charge in [0.25, 0.3) is 5.56 Å². The fourth-order valence-corrected chi connectivity index (χ4v) is 4.59. The Hall–Kier alpha value is -3.11. The molecule has 3 heterocycles. The molecule has 0 radical (unpaired) electrons. The molecule has 1 unspecified atom stereocenters. The summed E-state index contributed by atoms with van der Waals surface area (Å²) in [7, 11) is 1.63. The quantitative estimate of drug-likeness (QED) is 0.500. The van der Waals surface area contributed by atoms with Crippen LogP contribution in [0.15, 0.2) is 23.0 Å². The fourth-order valence-electron chi connectivity index (χ4n) is 4.59. The number of hydrogen-bond donors (Lipinski definition) is 1. The first-order chi connectivity index (χ1) is 16.4. The number of H-pyrrole nitrogens is 1. The number of rotatable bonds is 8. The van der Waals surface area contributed by atoms with Gasteiger partial charge < -0.3 is 14.5 Å². The van der Waals surface area contributed by atoms with Crippen LogP contribution in [0.25, 0.3) is 10.9 Å². The van der Waals surface area contributed by atoms with E-state index < -0.39 is 6.04 Å². The Morgan fingerprint density at radius 2 is 1.94 bits per heavy atom. The summed E-state index contributed by atoms with van der Waals surface area (Å²) >= 11 is 0. The highest BCUT2D eigenvalue weighted by Gasteiger charge is 2.35. The molecule has 182 valence electrons. The van der Waals surface area contributed by atoms with Crippen molar-refractivity contribution in [3.63, 3.8) is 0 Å². The van der Waals surface area contributed by atoms with Gasteiger partial charge in [-0.1, -0.05) is 0 Å². The van der Waals surface area contributed by atoms with E-state index in [1.54, 1.807) is 11.8 Å². The zero-order chi connectivity index (χ0) is 24.2. The SMILES string of the molecule is CCOC(=O)C1CCN(C(c2cc3cc(C)c(C)cc3[nH]c2=O)c2nnnn2CCOC)CC1. The Morgan fingerprint density at radius 1 is 1.21 bits per heavy atom. The molecule has 10 heteroatoms. The first-order valence-electron chi connectivity index (χ1n) is 11.7. The number of aromatic nitrogens is 5. The van der Waals surface area contributed by atoms with E-state index in [-0.39, 0.29) is 17.4 Å². The molecule has 0 bridgehead atoms. The Morgan fingerprint density at radius 3 is 2.65 bits per heavy atom. The molecule has 1 N–H and O–H groups in total. The lowest BCUT2D eigenvalue weighted by Gasteiger charge is -2.36. The fraction of sp³-hybridized carbons (Fsp3) is 0.542. The third-order valence-electron chi connectivity index (χ3n) is 6.61. The van der Waals surface area contributed by atoms with E-state index in [4.69, 9.17) is 9.47 Å². The van der Waals surface area contributed by atoms with E-state index in [1.807, 2.05) is 26.0 Å². The van der Waals surface area contributed by atoms with Crippen LogP contribution in [-0.4, -0.2) is 69.5 Å². The highest BCUT2D eigenvalue weighted by molar-refractivity contribution is 5.81. The number of aromatic amines is 1. The predicted octanol–water partition coefficient (Wildman–Crippen LogP) is 2.14. The summed E-state index contributed by atoms with van der Waals surface area (Å²) in [5, 5.41) is 13.3. The molecule has 0 saturated carbocycles. The van der Waals surface area contributed by atoms with Crippen molar-refractivity contribution < 1.29 is 14.3 Å². The molecular weight excluding hydrogens is 436 g/mol. The number of nitrogens with zero attached hydrogens (tertiary/aromatic N) is 5. The number of pyridine rings is 1. The van der Waals surface area contributed by atoms with Crippen LogP contribution in [0.5, 0.6) is 0 Å². The summed E-state index contributed by atoms with van der Waals surface area (Å²) in [5.41, 5.74) is 3.49. The number of tetrazole rings is 1. The third kappa shape index (κ3) is 4.88. The van der Waals surface area contributed by atoms with Gasteiger partial charge in [-0.05, 0) is 78.8 Å². The number of benzene rings is 1. The Balaban J connectivity index is 1.74. The molecule has 3 aromatic rings. The number of esters is 1. The average molecular weight is 469 g/mol. The summed E-state index contributed by atoms with van der Waals surface area (Å²) in [6.45, 7) is 8.44. The molecule has 0 spiro atoms. The Labute approximate surface area is 198 Å². The lowest BCUT2D eigenvalue weighted by molar-refractivity contribution is -0.149. The van der Waals surface area contributed by atoms with Crippen molar-refractivity contribution in [3.8, 4) is 0 Å². The smallest absolute Gasteiger partial charge is 0.309 e. The van der Waals surface area contributed by atoms with Gasteiger partial charge in [0.15, 0.2) is 5.82 Å². The number of hydrogen-bond acceptors (Lipinski definition) is 8. The highest BCUT2D eigenvalue weighted by atomic mass is 16.5. The first-order valence-corrected chi connectivity index (χ1v) is 11.7. The number of carbonyl (C=O) groups is 1. The normalized spacial score (nSPS) is 16.1. The van der Waals surface area contributed by atoms with Gasteiger partial charge in [-0.25, -0.2) is 4.68 Å². The minimum atomic E-state index is -0.454. The molecule has 0 aliphatic carbocycles. The van der Waals surface area contributed by atoms with Crippen LogP contribution in [0.1, 0.15) is 48.3 Å². The van der Waals surface area contributed by atoms with Crippen LogP contribution < -0.4 is 5.56 Å². The van der Waals surface area contributed by atoms with Crippen molar-refractivity contribution in [1.82, 2.24) is 30.1 Å². The maximum Gasteiger partial charge on any atom is 0.309 e. The molecule has 0 amide bonds. The number of fused-ring (bicyclic) bond motifs is 1. The minimum Gasteiger partial charge on any atom is -0.466 e. The molecule has 34 heavy (non-hydrogen) atoms. The molecule has 2 aromatic heterocycles. The number of likely N-dealkylation sites (tertiary alicyclic amines) is 1. The maximum atomic E-state index is 13.3. The Kier molecular flexibility index (Phi) is 7.38. The molecule has 1 aliphatic rings. The predicted molar refractivity (Wildman–Crippen MR) is 127 cm³/mol. The number of ether oxygens (including phenoxy) is 2. The number of methoxy groups -OCH3 is 1. The van der Waals surface area contributed by atoms with Gasteiger partial charge in [-0.2, -0.15) is 0 Å². The molecule has 1 saturated heterocycles. The third-order valence-corrected chi connectivity index (χ3v) is 6.61. The van der Waals surface area contributed by atoms with Crippen LogP contribution >= 0.6 is 0 Å². The molecule has 4 rings (SSSR count).